The van der Waals surface area contributed by atoms with Crippen LogP contribution in [-0.4, -0.2) is 77.2 Å². The van der Waals surface area contributed by atoms with Gasteiger partial charge in [0.1, 0.15) is 24.6 Å². The molecule has 0 bridgehead atoms. The zero-order chi connectivity index (χ0) is 29.6. The molecule has 41 heavy (non-hydrogen) atoms. The van der Waals surface area contributed by atoms with Crippen molar-refractivity contribution in [1.29, 1.82) is 0 Å². The van der Waals surface area contributed by atoms with E-state index in [2.05, 4.69) is 44.8 Å². The zero-order valence-electron chi connectivity index (χ0n) is 24.0. The van der Waals surface area contributed by atoms with Crippen molar-refractivity contribution in [1.82, 2.24) is 20.2 Å². The van der Waals surface area contributed by atoms with Gasteiger partial charge in [-0.25, -0.2) is 9.78 Å². The van der Waals surface area contributed by atoms with Crippen molar-refractivity contribution >= 4 is 35.8 Å². The van der Waals surface area contributed by atoms with Gasteiger partial charge in [-0.1, -0.05) is 26.0 Å². The molecule has 1 aliphatic rings. The first-order valence-corrected chi connectivity index (χ1v) is 13.9. The molecule has 3 amide bonds. The fourth-order valence-corrected chi connectivity index (χ4v) is 4.56. The third kappa shape index (κ3) is 11.0. The molecule has 0 saturated carbocycles. The van der Waals surface area contributed by atoms with Gasteiger partial charge in [0, 0.05) is 25.3 Å². The first-order chi connectivity index (χ1) is 19.7. The summed E-state index contributed by atoms with van der Waals surface area (Å²) < 4.78 is 5.42. The highest BCUT2D eigenvalue weighted by atomic mass is 16.5. The Hall–Kier alpha value is -4.35. The van der Waals surface area contributed by atoms with Crippen molar-refractivity contribution in [2.45, 2.75) is 58.4 Å². The Balaban J connectivity index is 1.40. The summed E-state index contributed by atoms with van der Waals surface area (Å²) in [4.78, 5) is 42.0. The second-order valence-corrected chi connectivity index (χ2v) is 10.4. The van der Waals surface area contributed by atoms with E-state index in [4.69, 9.17) is 9.84 Å². The molecule has 0 fully saturated rings. The number of methoxy groups -OCH3 is 1. The molecule has 0 saturated heterocycles. The SMILES string of the molecule is COc1cc(CC(=O)NCCCCC(CC(C)C)N2C=NN(CCC(=O)O)C2)ccc1NC(=O)Nc1ccccn1. The number of carboxylic acid groups (broad SMARTS) is 1. The van der Waals surface area contributed by atoms with E-state index in [1.807, 2.05) is 6.34 Å². The number of anilines is 2. The fourth-order valence-electron chi connectivity index (χ4n) is 4.56. The van der Waals surface area contributed by atoms with E-state index >= 15 is 0 Å². The van der Waals surface area contributed by atoms with E-state index in [-0.39, 0.29) is 18.7 Å². The van der Waals surface area contributed by atoms with Crippen molar-refractivity contribution in [2.24, 2.45) is 11.0 Å². The minimum Gasteiger partial charge on any atom is -0.495 e. The van der Waals surface area contributed by atoms with E-state index in [9.17, 15) is 14.4 Å². The third-order valence-corrected chi connectivity index (χ3v) is 6.56. The maximum atomic E-state index is 12.6. The maximum Gasteiger partial charge on any atom is 0.324 e. The number of urea groups is 1. The van der Waals surface area contributed by atoms with Crippen LogP contribution in [0.15, 0.2) is 47.7 Å². The molecular formula is C29H41N7O5. The molecule has 12 heteroatoms. The summed E-state index contributed by atoms with van der Waals surface area (Å²) in [5.41, 5.74) is 1.25. The number of benzene rings is 1. The van der Waals surface area contributed by atoms with Crippen LogP contribution < -0.4 is 20.7 Å². The number of carbonyl (C=O) groups excluding carboxylic acids is 2. The van der Waals surface area contributed by atoms with Gasteiger partial charge in [-0.05, 0) is 61.4 Å². The number of hydrogen-bond donors (Lipinski definition) is 4. The lowest BCUT2D eigenvalue weighted by Gasteiger charge is -2.29. The number of aliphatic carboxylic acids is 1. The molecule has 1 atom stereocenters. The molecule has 0 radical (unpaired) electrons. The third-order valence-electron chi connectivity index (χ3n) is 6.56. The van der Waals surface area contributed by atoms with Crippen molar-refractivity contribution < 1.29 is 24.2 Å². The Kier molecular flexibility index (Phi) is 12.2. The van der Waals surface area contributed by atoms with Gasteiger partial charge in [-0.2, -0.15) is 5.10 Å². The number of hydrazone groups is 1. The summed E-state index contributed by atoms with van der Waals surface area (Å²) in [5.74, 6) is 0.496. The van der Waals surface area contributed by atoms with Crippen LogP contribution in [0.2, 0.25) is 0 Å². The standard InChI is InChI=1S/C29H41N7O5/c1-21(2)16-23(35-19-32-36(20-35)15-12-28(38)39)8-4-6-14-31-27(37)18-22-10-11-24(25(17-22)41-3)33-29(40)34-26-9-5-7-13-30-26/h5,7,9-11,13,17,19,21,23H,4,6,8,12,14-16,18,20H2,1-3H3,(H,31,37)(H,38,39)(H2,30,33,34,40). The highest BCUT2D eigenvalue weighted by Gasteiger charge is 2.23. The normalized spacial score (nSPS) is 13.3. The number of nitrogens with zero attached hydrogens (tertiary/aromatic N) is 4. The molecular weight excluding hydrogens is 526 g/mol. The highest BCUT2D eigenvalue weighted by molar-refractivity contribution is 6.00. The number of hydrogen-bond acceptors (Lipinski definition) is 8. The lowest BCUT2D eigenvalue weighted by Crippen LogP contribution is -2.37. The van der Waals surface area contributed by atoms with E-state index in [1.165, 1.54) is 7.11 Å². The van der Waals surface area contributed by atoms with Crippen molar-refractivity contribution in [2.75, 3.05) is 37.5 Å². The van der Waals surface area contributed by atoms with E-state index < -0.39 is 12.0 Å². The quantitative estimate of drug-likeness (QED) is 0.223. The molecule has 3 rings (SSSR count). The molecule has 2 aromatic rings. The summed E-state index contributed by atoms with van der Waals surface area (Å²) in [6.45, 7) is 5.97. The van der Waals surface area contributed by atoms with Gasteiger partial charge in [0.05, 0.1) is 25.6 Å². The Bertz CT molecular complexity index is 1180. The average molecular weight is 568 g/mol. The van der Waals surface area contributed by atoms with Gasteiger partial charge in [0.25, 0.3) is 0 Å². The number of unbranched alkanes of at least 4 members (excludes halogenated alkanes) is 1. The second kappa shape index (κ2) is 16.0. The Morgan fingerprint density at radius 2 is 1.95 bits per heavy atom. The number of carboxylic acids is 1. The Morgan fingerprint density at radius 3 is 2.66 bits per heavy atom. The molecule has 1 aromatic heterocycles. The number of nitrogens with one attached hydrogen (secondary N) is 3. The summed E-state index contributed by atoms with van der Waals surface area (Å²) in [7, 11) is 1.51. The topological polar surface area (TPSA) is 148 Å². The number of rotatable bonds is 16. The minimum absolute atomic E-state index is 0.0668. The predicted molar refractivity (Wildman–Crippen MR) is 158 cm³/mol. The van der Waals surface area contributed by atoms with E-state index in [0.29, 0.717) is 49.0 Å². The van der Waals surface area contributed by atoms with Gasteiger partial charge in [-0.15, -0.1) is 0 Å². The van der Waals surface area contributed by atoms with Crippen LogP contribution in [-0.2, 0) is 16.0 Å². The lowest BCUT2D eigenvalue weighted by atomic mass is 9.98. The van der Waals surface area contributed by atoms with Crippen LogP contribution in [0.5, 0.6) is 5.75 Å². The smallest absolute Gasteiger partial charge is 0.324 e. The van der Waals surface area contributed by atoms with Gasteiger partial charge in [0.15, 0.2) is 0 Å². The Labute approximate surface area is 241 Å². The van der Waals surface area contributed by atoms with Crippen molar-refractivity contribution in [3.8, 4) is 5.75 Å². The molecule has 1 aromatic carbocycles. The summed E-state index contributed by atoms with van der Waals surface area (Å²) in [6, 6.07) is 10.3. The van der Waals surface area contributed by atoms with Crippen LogP contribution in [0, 0.1) is 5.92 Å². The molecule has 0 aliphatic carbocycles. The van der Waals surface area contributed by atoms with E-state index in [1.54, 1.807) is 47.6 Å². The monoisotopic (exact) mass is 567 g/mol. The van der Waals surface area contributed by atoms with Gasteiger partial charge >= 0.3 is 12.0 Å². The number of carbonyl (C=O) groups is 3. The van der Waals surface area contributed by atoms with Crippen molar-refractivity contribution in [3.05, 3.63) is 48.2 Å². The number of pyridine rings is 1. The van der Waals surface area contributed by atoms with Gasteiger partial charge < -0.3 is 25.4 Å². The molecule has 12 nitrogen and oxygen atoms in total. The number of amides is 3. The van der Waals surface area contributed by atoms with Crippen LogP contribution in [0.4, 0.5) is 16.3 Å². The van der Waals surface area contributed by atoms with Crippen molar-refractivity contribution in [3.63, 3.8) is 0 Å². The van der Waals surface area contributed by atoms with Crippen LogP contribution in [0.1, 0.15) is 51.5 Å². The summed E-state index contributed by atoms with van der Waals surface area (Å²) >= 11 is 0. The number of ether oxygens (including phenoxy) is 1. The summed E-state index contributed by atoms with van der Waals surface area (Å²) in [5, 5.41) is 23.4. The van der Waals surface area contributed by atoms with Gasteiger partial charge in [-0.3, -0.25) is 19.9 Å². The van der Waals surface area contributed by atoms with Gasteiger partial charge in [0.2, 0.25) is 5.91 Å². The minimum atomic E-state index is -0.825. The molecule has 4 N–H and O–H groups in total. The van der Waals surface area contributed by atoms with E-state index in [0.717, 1.165) is 31.2 Å². The lowest BCUT2D eigenvalue weighted by molar-refractivity contribution is -0.137. The average Bonchev–Trinajstić information content (AvgIpc) is 3.41. The maximum absolute atomic E-state index is 12.6. The Morgan fingerprint density at radius 1 is 1.12 bits per heavy atom. The number of aromatic nitrogens is 1. The molecule has 2 heterocycles. The molecule has 1 aliphatic heterocycles. The first kappa shape index (κ1) is 31.2. The van der Waals surface area contributed by atoms with Crippen LogP contribution in [0.25, 0.3) is 0 Å². The fraction of sp³-hybridized carbons (Fsp3) is 0.483. The molecule has 1 unspecified atom stereocenters. The largest absolute Gasteiger partial charge is 0.495 e. The predicted octanol–water partition coefficient (Wildman–Crippen LogP) is 3.97. The van der Waals surface area contributed by atoms with Crippen LogP contribution >= 0.6 is 0 Å². The molecule has 222 valence electrons. The zero-order valence-corrected chi connectivity index (χ0v) is 24.0. The second-order valence-electron chi connectivity index (χ2n) is 10.4. The highest BCUT2D eigenvalue weighted by Crippen LogP contribution is 2.26. The summed E-state index contributed by atoms with van der Waals surface area (Å²) in [6.07, 6.45) is 7.45. The molecule has 0 spiro atoms. The first-order valence-electron chi connectivity index (χ1n) is 13.9. The van der Waals surface area contributed by atoms with Crippen LogP contribution in [0.3, 0.4) is 0 Å².